The average molecular weight is 295 g/mol. The lowest BCUT2D eigenvalue weighted by Crippen LogP contribution is -2.48. The molecule has 1 aromatic rings. The van der Waals surface area contributed by atoms with E-state index in [9.17, 15) is 9.18 Å². The third-order valence-electron chi connectivity index (χ3n) is 3.71. The SMILES string of the molecule is COc1cc(F)ccc1N1CCN(C(=O)CCCN)CC1. The zero-order valence-corrected chi connectivity index (χ0v) is 12.3. The highest BCUT2D eigenvalue weighted by atomic mass is 19.1. The Hall–Kier alpha value is -1.82. The molecule has 1 aliphatic rings. The smallest absolute Gasteiger partial charge is 0.222 e. The molecule has 21 heavy (non-hydrogen) atoms. The minimum absolute atomic E-state index is 0.158. The fourth-order valence-electron chi connectivity index (χ4n) is 2.52. The highest BCUT2D eigenvalue weighted by Gasteiger charge is 2.22. The van der Waals surface area contributed by atoms with Crippen molar-refractivity contribution in [2.24, 2.45) is 5.73 Å². The molecule has 1 aliphatic heterocycles. The van der Waals surface area contributed by atoms with E-state index in [2.05, 4.69) is 4.90 Å². The van der Waals surface area contributed by atoms with Crippen LogP contribution in [0.3, 0.4) is 0 Å². The fraction of sp³-hybridized carbons (Fsp3) is 0.533. The van der Waals surface area contributed by atoms with Crippen molar-refractivity contribution in [1.29, 1.82) is 0 Å². The molecular formula is C15H22FN3O2. The Labute approximate surface area is 124 Å². The van der Waals surface area contributed by atoms with Gasteiger partial charge in [-0.2, -0.15) is 0 Å². The number of carbonyl (C=O) groups is 1. The van der Waals surface area contributed by atoms with Crippen LogP contribution in [0.4, 0.5) is 10.1 Å². The van der Waals surface area contributed by atoms with E-state index in [0.29, 0.717) is 31.8 Å². The Morgan fingerprint density at radius 1 is 1.33 bits per heavy atom. The van der Waals surface area contributed by atoms with Crippen LogP contribution in [0.1, 0.15) is 12.8 Å². The van der Waals surface area contributed by atoms with Crippen LogP contribution in [0.5, 0.6) is 5.75 Å². The van der Waals surface area contributed by atoms with Crippen molar-refractivity contribution >= 4 is 11.6 Å². The number of amides is 1. The van der Waals surface area contributed by atoms with Crippen molar-refractivity contribution in [2.75, 3.05) is 44.7 Å². The predicted molar refractivity (Wildman–Crippen MR) is 80.0 cm³/mol. The number of methoxy groups -OCH3 is 1. The summed E-state index contributed by atoms with van der Waals surface area (Å²) in [6.07, 6.45) is 1.24. The van der Waals surface area contributed by atoms with Gasteiger partial charge in [0.2, 0.25) is 5.91 Å². The molecule has 0 bridgehead atoms. The van der Waals surface area contributed by atoms with Gasteiger partial charge < -0.3 is 20.3 Å². The second kappa shape index (κ2) is 7.26. The number of nitrogens with zero attached hydrogens (tertiary/aromatic N) is 2. The lowest BCUT2D eigenvalue weighted by molar-refractivity contribution is -0.131. The number of hydrogen-bond donors (Lipinski definition) is 1. The van der Waals surface area contributed by atoms with E-state index in [1.807, 2.05) is 4.90 Å². The van der Waals surface area contributed by atoms with Crippen LogP contribution in [0.25, 0.3) is 0 Å². The van der Waals surface area contributed by atoms with Gasteiger partial charge in [0.1, 0.15) is 11.6 Å². The highest BCUT2D eigenvalue weighted by molar-refractivity contribution is 5.76. The van der Waals surface area contributed by atoms with Crippen molar-refractivity contribution in [3.05, 3.63) is 24.0 Å². The van der Waals surface area contributed by atoms with Crippen LogP contribution >= 0.6 is 0 Å². The summed E-state index contributed by atoms with van der Waals surface area (Å²) in [5.41, 5.74) is 6.29. The van der Waals surface area contributed by atoms with Crippen molar-refractivity contribution < 1.29 is 13.9 Å². The number of halogens is 1. The lowest BCUT2D eigenvalue weighted by Gasteiger charge is -2.36. The van der Waals surface area contributed by atoms with Crippen molar-refractivity contribution in [2.45, 2.75) is 12.8 Å². The van der Waals surface area contributed by atoms with Crippen LogP contribution in [-0.4, -0.2) is 50.6 Å². The molecule has 1 saturated heterocycles. The second-order valence-electron chi connectivity index (χ2n) is 5.08. The third-order valence-corrected chi connectivity index (χ3v) is 3.71. The van der Waals surface area contributed by atoms with Gasteiger partial charge in [-0.25, -0.2) is 4.39 Å². The van der Waals surface area contributed by atoms with Gasteiger partial charge in [0.25, 0.3) is 0 Å². The Bertz CT molecular complexity index is 488. The molecule has 116 valence electrons. The van der Waals surface area contributed by atoms with Crippen molar-refractivity contribution in [1.82, 2.24) is 4.90 Å². The van der Waals surface area contributed by atoms with Crippen LogP contribution in [-0.2, 0) is 4.79 Å². The number of benzene rings is 1. The molecule has 1 amide bonds. The summed E-state index contributed by atoms with van der Waals surface area (Å²) in [6, 6.07) is 4.53. The topological polar surface area (TPSA) is 58.8 Å². The van der Waals surface area contributed by atoms with Gasteiger partial charge in [-0.3, -0.25) is 4.79 Å². The Morgan fingerprint density at radius 2 is 2.05 bits per heavy atom. The quantitative estimate of drug-likeness (QED) is 0.887. The summed E-state index contributed by atoms with van der Waals surface area (Å²) in [6.45, 7) is 3.32. The van der Waals surface area contributed by atoms with Crippen molar-refractivity contribution in [3.8, 4) is 5.75 Å². The number of carbonyl (C=O) groups excluding carboxylic acids is 1. The molecule has 5 nitrogen and oxygen atoms in total. The summed E-state index contributed by atoms with van der Waals surface area (Å²) >= 11 is 0. The van der Waals surface area contributed by atoms with E-state index in [1.54, 1.807) is 6.07 Å². The first-order valence-corrected chi connectivity index (χ1v) is 7.22. The number of rotatable bonds is 5. The molecule has 1 fully saturated rings. The largest absolute Gasteiger partial charge is 0.494 e. The Morgan fingerprint density at radius 3 is 2.67 bits per heavy atom. The monoisotopic (exact) mass is 295 g/mol. The molecule has 2 rings (SSSR count). The third kappa shape index (κ3) is 3.85. The minimum Gasteiger partial charge on any atom is -0.494 e. The van der Waals surface area contributed by atoms with Gasteiger partial charge in [-0.15, -0.1) is 0 Å². The molecule has 1 aromatic carbocycles. The fourth-order valence-corrected chi connectivity index (χ4v) is 2.52. The number of ether oxygens (including phenoxy) is 1. The summed E-state index contributed by atoms with van der Waals surface area (Å²) in [4.78, 5) is 15.9. The highest BCUT2D eigenvalue weighted by Crippen LogP contribution is 2.29. The van der Waals surface area contributed by atoms with Gasteiger partial charge in [0.15, 0.2) is 0 Å². The molecule has 1 heterocycles. The van der Waals surface area contributed by atoms with Gasteiger partial charge in [0, 0.05) is 38.7 Å². The normalized spacial score (nSPS) is 15.2. The number of piperazine rings is 1. The number of anilines is 1. The van der Waals surface area contributed by atoms with Crippen LogP contribution < -0.4 is 15.4 Å². The van der Waals surface area contributed by atoms with Crippen LogP contribution in [0.2, 0.25) is 0 Å². The first-order valence-electron chi connectivity index (χ1n) is 7.22. The van der Waals surface area contributed by atoms with Gasteiger partial charge in [-0.05, 0) is 25.1 Å². The summed E-state index contributed by atoms with van der Waals surface area (Å²) in [5, 5.41) is 0. The molecule has 0 spiro atoms. The average Bonchev–Trinajstić information content (AvgIpc) is 2.52. The molecule has 2 N–H and O–H groups in total. The van der Waals surface area contributed by atoms with E-state index in [1.165, 1.54) is 19.2 Å². The van der Waals surface area contributed by atoms with Crippen molar-refractivity contribution in [3.63, 3.8) is 0 Å². The van der Waals surface area contributed by atoms with Gasteiger partial charge in [-0.1, -0.05) is 0 Å². The summed E-state index contributed by atoms with van der Waals surface area (Å²) < 4.78 is 18.5. The predicted octanol–water partition coefficient (Wildman–Crippen LogP) is 1.22. The van der Waals surface area contributed by atoms with E-state index in [-0.39, 0.29) is 11.7 Å². The first kappa shape index (κ1) is 15.6. The summed E-state index contributed by atoms with van der Waals surface area (Å²) in [7, 11) is 1.53. The molecule has 0 atom stereocenters. The molecule has 0 aromatic heterocycles. The standard InChI is InChI=1S/C15H22FN3O2/c1-21-14-11-12(16)4-5-13(14)18-7-9-19(10-8-18)15(20)3-2-6-17/h4-5,11H,2-3,6-10,17H2,1H3. The minimum atomic E-state index is -0.314. The van der Waals surface area contributed by atoms with Gasteiger partial charge >= 0.3 is 0 Å². The van der Waals surface area contributed by atoms with E-state index in [0.717, 1.165) is 25.2 Å². The maximum Gasteiger partial charge on any atom is 0.222 e. The Kier molecular flexibility index (Phi) is 5.38. The molecular weight excluding hydrogens is 273 g/mol. The Balaban J connectivity index is 1.96. The molecule has 0 radical (unpaired) electrons. The first-order chi connectivity index (χ1) is 10.2. The van der Waals surface area contributed by atoms with E-state index in [4.69, 9.17) is 10.5 Å². The molecule has 6 heteroatoms. The van der Waals surface area contributed by atoms with E-state index >= 15 is 0 Å². The van der Waals surface area contributed by atoms with Crippen LogP contribution in [0.15, 0.2) is 18.2 Å². The van der Waals surface area contributed by atoms with E-state index < -0.39 is 0 Å². The molecule has 0 unspecified atom stereocenters. The number of hydrogen-bond acceptors (Lipinski definition) is 4. The summed E-state index contributed by atoms with van der Waals surface area (Å²) in [5.74, 6) is 0.371. The van der Waals surface area contributed by atoms with Crippen LogP contribution in [0, 0.1) is 5.82 Å². The maximum atomic E-state index is 13.2. The van der Waals surface area contributed by atoms with Gasteiger partial charge in [0.05, 0.1) is 12.8 Å². The molecule has 0 aliphatic carbocycles. The molecule has 0 saturated carbocycles. The zero-order valence-electron chi connectivity index (χ0n) is 12.3. The maximum absolute atomic E-state index is 13.2. The lowest BCUT2D eigenvalue weighted by atomic mass is 10.2. The second-order valence-corrected chi connectivity index (χ2v) is 5.08. The number of nitrogens with two attached hydrogens (primary N) is 1. The zero-order chi connectivity index (χ0) is 15.2.